The van der Waals surface area contributed by atoms with E-state index in [1.54, 1.807) is 0 Å². The number of anilines is 1. The number of alkyl halides is 3. The molecule has 0 aromatic carbocycles. The van der Waals surface area contributed by atoms with Gasteiger partial charge in [-0.15, -0.1) is 0 Å². The fourth-order valence-electron chi connectivity index (χ4n) is 1.61. The predicted molar refractivity (Wildman–Crippen MR) is 71.2 cm³/mol. The minimum atomic E-state index is -4.56. The molecule has 0 aliphatic carbocycles. The van der Waals surface area contributed by atoms with E-state index in [0.717, 1.165) is 0 Å². The highest BCUT2D eigenvalue weighted by atomic mass is 35.5. The lowest BCUT2D eigenvalue weighted by atomic mass is 10.3. The molecule has 2 aromatic rings. The zero-order valence-electron chi connectivity index (χ0n) is 10.5. The van der Waals surface area contributed by atoms with E-state index in [9.17, 15) is 18.0 Å². The molecule has 0 unspecified atom stereocenters. The zero-order valence-corrected chi connectivity index (χ0v) is 11.3. The molecule has 2 rings (SSSR count). The van der Waals surface area contributed by atoms with Gasteiger partial charge in [0.1, 0.15) is 18.1 Å². The van der Waals surface area contributed by atoms with Crippen LogP contribution in [0.5, 0.6) is 0 Å². The quantitative estimate of drug-likeness (QED) is 0.872. The first-order chi connectivity index (χ1) is 9.87. The number of aromatic nitrogens is 2. The molecule has 0 fully saturated rings. The molecule has 0 aliphatic rings. The molecule has 0 spiro atoms. The van der Waals surface area contributed by atoms with Gasteiger partial charge in [0.25, 0.3) is 5.91 Å². The van der Waals surface area contributed by atoms with Gasteiger partial charge in [0, 0.05) is 17.4 Å². The number of rotatable bonds is 3. The molecule has 1 amide bonds. The van der Waals surface area contributed by atoms with Crippen molar-refractivity contribution in [2.75, 3.05) is 11.4 Å². The molecule has 110 valence electrons. The Morgan fingerprint density at radius 3 is 2.52 bits per heavy atom. The summed E-state index contributed by atoms with van der Waals surface area (Å²) in [4.78, 5) is 20.3. The van der Waals surface area contributed by atoms with Gasteiger partial charge in [-0.3, -0.25) is 14.7 Å². The van der Waals surface area contributed by atoms with E-state index in [4.69, 9.17) is 11.6 Å². The summed E-state index contributed by atoms with van der Waals surface area (Å²) >= 11 is 5.72. The number of carbonyl (C=O) groups excluding carboxylic acids is 1. The van der Waals surface area contributed by atoms with E-state index in [1.165, 1.54) is 42.7 Å². The summed E-state index contributed by atoms with van der Waals surface area (Å²) in [6, 6.07) is 6.97. The lowest BCUT2D eigenvalue weighted by molar-refractivity contribution is -0.118. The Hall–Kier alpha value is -2.15. The van der Waals surface area contributed by atoms with Crippen molar-refractivity contribution in [3.8, 4) is 0 Å². The minimum Gasteiger partial charge on any atom is -0.282 e. The van der Waals surface area contributed by atoms with Crippen molar-refractivity contribution in [1.29, 1.82) is 0 Å². The van der Waals surface area contributed by atoms with Gasteiger partial charge in [-0.1, -0.05) is 17.7 Å². The molecular weight excluding hydrogens is 307 g/mol. The first-order valence-corrected chi connectivity index (χ1v) is 6.16. The van der Waals surface area contributed by atoms with Crippen LogP contribution >= 0.6 is 11.6 Å². The van der Waals surface area contributed by atoms with Crippen molar-refractivity contribution in [2.24, 2.45) is 0 Å². The Labute approximate surface area is 123 Å². The third kappa shape index (κ3) is 4.16. The second kappa shape index (κ2) is 6.09. The lowest BCUT2D eigenvalue weighted by Gasteiger charge is -2.22. The van der Waals surface area contributed by atoms with Gasteiger partial charge in [-0.25, -0.2) is 4.98 Å². The van der Waals surface area contributed by atoms with E-state index in [1.807, 2.05) is 0 Å². The summed E-state index contributed by atoms with van der Waals surface area (Å²) in [5, 5.41) is 0.210. The molecule has 21 heavy (non-hydrogen) atoms. The molecule has 0 radical (unpaired) electrons. The third-order valence-corrected chi connectivity index (χ3v) is 2.68. The van der Waals surface area contributed by atoms with E-state index in [2.05, 4.69) is 9.97 Å². The number of halogens is 4. The summed E-state index contributed by atoms with van der Waals surface area (Å²) in [6.45, 7) is -1.46. The maximum Gasteiger partial charge on any atom is 0.406 e. The number of carbonyl (C=O) groups is 1. The molecule has 2 aromatic heterocycles. The largest absolute Gasteiger partial charge is 0.406 e. The van der Waals surface area contributed by atoms with Gasteiger partial charge in [0.05, 0.1) is 0 Å². The molecule has 0 saturated heterocycles. The van der Waals surface area contributed by atoms with Crippen LogP contribution in [0.3, 0.4) is 0 Å². The average Bonchev–Trinajstić information content (AvgIpc) is 2.44. The highest BCUT2D eigenvalue weighted by Crippen LogP contribution is 2.22. The summed E-state index contributed by atoms with van der Waals surface area (Å²) < 4.78 is 38.0. The van der Waals surface area contributed by atoms with E-state index in [0.29, 0.717) is 4.90 Å². The van der Waals surface area contributed by atoms with Crippen LogP contribution in [0.2, 0.25) is 5.02 Å². The number of amides is 1. The topological polar surface area (TPSA) is 46.1 Å². The molecule has 0 aliphatic heterocycles. The SMILES string of the molecule is O=C(c1cc(Cl)ccn1)N(CC(F)(F)F)c1ccccn1. The maximum absolute atomic E-state index is 12.7. The van der Waals surface area contributed by atoms with Gasteiger partial charge >= 0.3 is 6.18 Å². The van der Waals surface area contributed by atoms with Crippen molar-refractivity contribution in [3.05, 3.63) is 53.4 Å². The monoisotopic (exact) mass is 315 g/mol. The summed E-state index contributed by atoms with van der Waals surface area (Å²) in [6.07, 6.45) is -2.01. The second-order valence-electron chi connectivity index (χ2n) is 4.05. The Bertz CT molecular complexity index is 634. The van der Waals surface area contributed by atoms with Crippen LogP contribution in [-0.2, 0) is 0 Å². The molecule has 0 atom stereocenters. The van der Waals surface area contributed by atoms with E-state index in [-0.39, 0.29) is 16.5 Å². The molecule has 4 nitrogen and oxygen atoms in total. The first kappa shape index (κ1) is 15.2. The molecular formula is C13H9ClF3N3O. The van der Waals surface area contributed by atoms with Crippen molar-refractivity contribution >= 4 is 23.3 Å². The zero-order chi connectivity index (χ0) is 15.5. The molecule has 0 saturated carbocycles. The maximum atomic E-state index is 12.7. The van der Waals surface area contributed by atoms with Gasteiger partial charge in [0.2, 0.25) is 0 Å². The summed E-state index contributed by atoms with van der Waals surface area (Å²) in [7, 11) is 0. The van der Waals surface area contributed by atoms with Gasteiger partial charge in [0.15, 0.2) is 0 Å². The van der Waals surface area contributed by atoms with Crippen LogP contribution in [0.25, 0.3) is 0 Å². The standard InChI is InChI=1S/C13H9ClF3N3O/c14-9-4-6-18-10(7-9)12(21)20(8-13(15,16)17)11-3-1-2-5-19-11/h1-7H,8H2. The molecule has 8 heteroatoms. The molecule has 0 bridgehead atoms. The predicted octanol–water partition coefficient (Wildman–Crippen LogP) is 3.34. The Morgan fingerprint density at radius 1 is 1.19 bits per heavy atom. The van der Waals surface area contributed by atoms with Crippen LogP contribution < -0.4 is 4.90 Å². The fraction of sp³-hybridized carbons (Fsp3) is 0.154. The van der Waals surface area contributed by atoms with Crippen LogP contribution in [0, 0.1) is 0 Å². The average molecular weight is 316 g/mol. The third-order valence-electron chi connectivity index (χ3n) is 2.45. The van der Waals surface area contributed by atoms with Gasteiger partial charge in [-0.2, -0.15) is 13.2 Å². The van der Waals surface area contributed by atoms with Crippen molar-refractivity contribution in [1.82, 2.24) is 9.97 Å². The number of hydrogen-bond donors (Lipinski definition) is 0. The second-order valence-corrected chi connectivity index (χ2v) is 4.49. The number of nitrogens with zero attached hydrogens (tertiary/aromatic N) is 3. The minimum absolute atomic E-state index is 0.110. The van der Waals surface area contributed by atoms with E-state index >= 15 is 0 Å². The number of hydrogen-bond acceptors (Lipinski definition) is 3. The summed E-state index contributed by atoms with van der Waals surface area (Å²) in [5.41, 5.74) is -0.183. The smallest absolute Gasteiger partial charge is 0.282 e. The normalized spacial score (nSPS) is 11.2. The van der Waals surface area contributed by atoms with Crippen molar-refractivity contribution in [3.63, 3.8) is 0 Å². The molecule has 0 N–H and O–H groups in total. The Kier molecular flexibility index (Phi) is 4.42. The highest BCUT2D eigenvalue weighted by Gasteiger charge is 2.35. The Balaban J connectivity index is 2.38. The highest BCUT2D eigenvalue weighted by molar-refractivity contribution is 6.31. The van der Waals surface area contributed by atoms with Crippen LogP contribution in [0.1, 0.15) is 10.5 Å². The van der Waals surface area contributed by atoms with Crippen LogP contribution in [0.15, 0.2) is 42.7 Å². The van der Waals surface area contributed by atoms with Crippen molar-refractivity contribution in [2.45, 2.75) is 6.18 Å². The lowest BCUT2D eigenvalue weighted by Crippen LogP contribution is -2.40. The van der Waals surface area contributed by atoms with E-state index < -0.39 is 18.6 Å². The molecule has 2 heterocycles. The van der Waals surface area contributed by atoms with Crippen molar-refractivity contribution < 1.29 is 18.0 Å². The first-order valence-electron chi connectivity index (χ1n) is 5.78. The number of pyridine rings is 2. The summed E-state index contributed by atoms with van der Waals surface area (Å²) in [5.74, 6) is -1.03. The van der Waals surface area contributed by atoms with Gasteiger partial charge < -0.3 is 0 Å². The Morgan fingerprint density at radius 2 is 1.95 bits per heavy atom. The van der Waals surface area contributed by atoms with Crippen LogP contribution in [0.4, 0.5) is 19.0 Å². The fourth-order valence-corrected chi connectivity index (χ4v) is 1.77. The van der Waals surface area contributed by atoms with Gasteiger partial charge in [-0.05, 0) is 24.3 Å². The van der Waals surface area contributed by atoms with Crippen LogP contribution in [-0.4, -0.2) is 28.6 Å².